The average Bonchev–Trinajstić information content (AvgIpc) is 3.31. The largest absolute Gasteiger partial charge is 0.365 e. The molecule has 0 radical (unpaired) electrons. The van der Waals surface area contributed by atoms with Gasteiger partial charge in [0.25, 0.3) is 5.56 Å². The standard InChI is InChI=1S/C20H19FN6O/c1-25-19(28)9-18(17-5-6-22-12-23-17)24-20(25)27-11-15-8-16(27)10-26(15)14-4-2-3-13(21)7-14/h2-7,9,12,15-16H,8,10-11H2,1H3. The van der Waals surface area contributed by atoms with Crippen LogP contribution in [0, 0.1) is 5.82 Å². The van der Waals surface area contributed by atoms with E-state index in [0.717, 1.165) is 25.2 Å². The highest BCUT2D eigenvalue weighted by molar-refractivity contribution is 5.58. The lowest BCUT2D eigenvalue weighted by Crippen LogP contribution is -2.48. The Balaban J connectivity index is 1.46. The maximum absolute atomic E-state index is 13.6. The Labute approximate surface area is 161 Å². The molecule has 2 aliphatic heterocycles. The maximum atomic E-state index is 13.6. The molecular formula is C20H19FN6O. The number of fused-ring (bicyclic) bond motifs is 2. The molecule has 0 amide bonds. The lowest BCUT2D eigenvalue weighted by atomic mass is 10.2. The number of benzene rings is 1. The van der Waals surface area contributed by atoms with Gasteiger partial charge in [0.2, 0.25) is 5.95 Å². The zero-order chi connectivity index (χ0) is 19.3. The van der Waals surface area contributed by atoms with Gasteiger partial charge >= 0.3 is 0 Å². The van der Waals surface area contributed by atoms with Gasteiger partial charge in [0, 0.05) is 44.1 Å². The fourth-order valence-corrected chi connectivity index (χ4v) is 4.24. The van der Waals surface area contributed by atoms with Crippen molar-refractivity contribution in [1.29, 1.82) is 0 Å². The van der Waals surface area contributed by atoms with Gasteiger partial charge in [0.15, 0.2) is 0 Å². The van der Waals surface area contributed by atoms with Gasteiger partial charge in [-0.1, -0.05) is 6.07 Å². The molecule has 2 fully saturated rings. The van der Waals surface area contributed by atoms with E-state index in [0.29, 0.717) is 17.3 Å². The Morgan fingerprint density at radius 3 is 2.61 bits per heavy atom. The van der Waals surface area contributed by atoms with E-state index in [1.165, 1.54) is 18.5 Å². The summed E-state index contributed by atoms with van der Waals surface area (Å²) >= 11 is 0. The summed E-state index contributed by atoms with van der Waals surface area (Å²) < 4.78 is 15.2. The van der Waals surface area contributed by atoms with Gasteiger partial charge in [-0.05, 0) is 30.7 Å². The third kappa shape index (κ3) is 2.72. The summed E-state index contributed by atoms with van der Waals surface area (Å²) in [4.78, 5) is 29.8. The molecule has 8 heteroatoms. The molecule has 7 nitrogen and oxygen atoms in total. The Morgan fingerprint density at radius 2 is 1.89 bits per heavy atom. The molecule has 2 aromatic heterocycles. The molecule has 4 heterocycles. The highest BCUT2D eigenvalue weighted by Crippen LogP contribution is 2.36. The first-order valence-electron chi connectivity index (χ1n) is 9.23. The summed E-state index contributed by atoms with van der Waals surface area (Å²) in [5.74, 6) is 0.422. The van der Waals surface area contributed by atoms with Crippen LogP contribution in [0.25, 0.3) is 11.4 Å². The third-order valence-corrected chi connectivity index (χ3v) is 5.59. The van der Waals surface area contributed by atoms with Gasteiger partial charge in [0.05, 0.1) is 17.4 Å². The Kier molecular flexibility index (Phi) is 3.85. The van der Waals surface area contributed by atoms with E-state index in [4.69, 9.17) is 4.98 Å². The smallest absolute Gasteiger partial charge is 0.255 e. The van der Waals surface area contributed by atoms with Crippen LogP contribution in [0.5, 0.6) is 0 Å². The SMILES string of the molecule is Cn1c(N2CC3CC2CN3c2cccc(F)c2)nc(-c2ccncn2)cc1=O. The van der Waals surface area contributed by atoms with Crippen LogP contribution < -0.4 is 15.4 Å². The number of rotatable bonds is 3. The fourth-order valence-electron chi connectivity index (χ4n) is 4.24. The van der Waals surface area contributed by atoms with Crippen LogP contribution in [0.1, 0.15) is 6.42 Å². The minimum Gasteiger partial charge on any atom is -0.365 e. The minimum absolute atomic E-state index is 0.122. The van der Waals surface area contributed by atoms with Gasteiger partial charge in [0.1, 0.15) is 12.1 Å². The first-order chi connectivity index (χ1) is 13.6. The van der Waals surface area contributed by atoms with Crippen LogP contribution in [-0.4, -0.2) is 44.7 Å². The molecular weight excluding hydrogens is 359 g/mol. The molecule has 2 atom stereocenters. The molecule has 3 aromatic rings. The maximum Gasteiger partial charge on any atom is 0.255 e. The van der Waals surface area contributed by atoms with Gasteiger partial charge in [-0.25, -0.2) is 19.3 Å². The monoisotopic (exact) mass is 378 g/mol. The topological polar surface area (TPSA) is 67.2 Å². The predicted octanol–water partition coefficient (Wildman–Crippen LogP) is 1.84. The fraction of sp³-hybridized carbons (Fsp3) is 0.300. The van der Waals surface area contributed by atoms with Crippen molar-refractivity contribution in [1.82, 2.24) is 19.5 Å². The first-order valence-corrected chi connectivity index (χ1v) is 9.23. The van der Waals surface area contributed by atoms with Crippen molar-refractivity contribution >= 4 is 11.6 Å². The van der Waals surface area contributed by atoms with Crippen LogP contribution in [0.3, 0.4) is 0 Å². The summed E-state index contributed by atoms with van der Waals surface area (Å²) in [6.45, 7) is 1.52. The summed E-state index contributed by atoms with van der Waals surface area (Å²) in [5, 5.41) is 0. The van der Waals surface area contributed by atoms with Crippen LogP contribution >= 0.6 is 0 Å². The summed E-state index contributed by atoms with van der Waals surface area (Å²) in [7, 11) is 1.74. The Hall–Kier alpha value is -3.29. The lowest BCUT2D eigenvalue weighted by Gasteiger charge is -2.36. The number of hydrogen-bond donors (Lipinski definition) is 0. The minimum atomic E-state index is -0.223. The molecule has 2 bridgehead atoms. The van der Waals surface area contributed by atoms with E-state index in [-0.39, 0.29) is 23.5 Å². The normalized spacial score (nSPS) is 20.8. The quantitative estimate of drug-likeness (QED) is 0.693. The van der Waals surface area contributed by atoms with Crippen molar-refractivity contribution in [2.75, 3.05) is 22.9 Å². The van der Waals surface area contributed by atoms with Crippen molar-refractivity contribution in [2.24, 2.45) is 7.05 Å². The second kappa shape index (κ2) is 6.40. The van der Waals surface area contributed by atoms with Crippen molar-refractivity contribution in [3.05, 3.63) is 65.1 Å². The molecule has 1 aromatic carbocycles. The van der Waals surface area contributed by atoms with Crippen molar-refractivity contribution in [2.45, 2.75) is 18.5 Å². The molecule has 28 heavy (non-hydrogen) atoms. The van der Waals surface area contributed by atoms with Crippen molar-refractivity contribution < 1.29 is 4.39 Å². The van der Waals surface area contributed by atoms with Crippen LogP contribution in [0.4, 0.5) is 16.0 Å². The molecule has 0 aliphatic carbocycles. The number of piperazine rings is 1. The van der Waals surface area contributed by atoms with Crippen LogP contribution in [0.15, 0.2) is 53.7 Å². The third-order valence-electron chi connectivity index (χ3n) is 5.59. The van der Waals surface area contributed by atoms with Crippen LogP contribution in [0.2, 0.25) is 0 Å². The summed E-state index contributed by atoms with van der Waals surface area (Å²) in [6.07, 6.45) is 4.04. The Bertz CT molecular complexity index is 1090. The van der Waals surface area contributed by atoms with Gasteiger partial charge < -0.3 is 9.80 Å². The number of hydrogen-bond acceptors (Lipinski definition) is 6. The van der Waals surface area contributed by atoms with E-state index < -0.39 is 0 Å². The van der Waals surface area contributed by atoms with Crippen LogP contribution in [-0.2, 0) is 7.05 Å². The highest BCUT2D eigenvalue weighted by Gasteiger charge is 2.44. The second-order valence-corrected chi connectivity index (χ2v) is 7.26. The summed E-state index contributed by atoms with van der Waals surface area (Å²) in [6, 6.07) is 10.5. The molecule has 0 saturated carbocycles. The van der Waals surface area contributed by atoms with Crippen molar-refractivity contribution in [3.8, 4) is 11.4 Å². The zero-order valence-corrected chi connectivity index (χ0v) is 15.4. The highest BCUT2D eigenvalue weighted by atomic mass is 19.1. The number of anilines is 2. The van der Waals surface area contributed by atoms with E-state index in [2.05, 4.69) is 19.8 Å². The zero-order valence-electron chi connectivity index (χ0n) is 15.4. The second-order valence-electron chi connectivity index (χ2n) is 7.26. The Morgan fingerprint density at radius 1 is 1.07 bits per heavy atom. The average molecular weight is 378 g/mol. The number of halogens is 1. The molecule has 0 N–H and O–H groups in total. The van der Waals surface area contributed by atoms with E-state index in [9.17, 15) is 9.18 Å². The van der Waals surface area contributed by atoms with E-state index in [1.807, 2.05) is 6.07 Å². The molecule has 2 aliphatic rings. The van der Waals surface area contributed by atoms with E-state index >= 15 is 0 Å². The van der Waals surface area contributed by atoms with E-state index in [1.54, 1.807) is 36.0 Å². The molecule has 2 saturated heterocycles. The molecule has 2 unspecified atom stereocenters. The van der Waals surface area contributed by atoms with Gasteiger partial charge in [-0.2, -0.15) is 0 Å². The first kappa shape index (κ1) is 16.9. The molecule has 0 spiro atoms. The predicted molar refractivity (Wildman–Crippen MR) is 104 cm³/mol. The number of nitrogens with zero attached hydrogens (tertiary/aromatic N) is 6. The van der Waals surface area contributed by atoms with Crippen molar-refractivity contribution in [3.63, 3.8) is 0 Å². The number of aromatic nitrogens is 4. The van der Waals surface area contributed by atoms with Gasteiger partial charge in [-0.3, -0.25) is 9.36 Å². The molecule has 5 rings (SSSR count). The summed E-state index contributed by atoms with van der Waals surface area (Å²) in [5.41, 5.74) is 1.96. The lowest BCUT2D eigenvalue weighted by molar-refractivity contribution is 0.606. The molecule has 142 valence electrons. The van der Waals surface area contributed by atoms with Gasteiger partial charge in [-0.15, -0.1) is 0 Å².